The lowest BCUT2D eigenvalue weighted by Gasteiger charge is -2.21. The van der Waals surface area contributed by atoms with Gasteiger partial charge < -0.3 is 33.8 Å². The lowest BCUT2D eigenvalue weighted by molar-refractivity contribution is -0.161. The number of unbranched alkanes of at least 4 members (excludes halogenated alkanes) is 33. The summed E-state index contributed by atoms with van der Waals surface area (Å²) in [5, 5.41) is 10.5. The van der Waals surface area contributed by atoms with E-state index in [-0.39, 0.29) is 25.7 Å². The minimum Gasteiger partial charge on any atom is -0.462 e. The van der Waals surface area contributed by atoms with Crippen LogP contribution in [-0.2, 0) is 65.4 Å². The molecule has 0 bridgehead atoms. The van der Waals surface area contributed by atoms with E-state index in [0.29, 0.717) is 25.7 Å². The molecule has 0 rings (SSSR count). The number of ether oxygens (including phenoxy) is 4. The van der Waals surface area contributed by atoms with Crippen molar-refractivity contribution >= 4 is 39.5 Å². The predicted octanol–water partition coefficient (Wildman–Crippen LogP) is 15.6. The van der Waals surface area contributed by atoms with Crippen molar-refractivity contribution in [3.63, 3.8) is 0 Å². The zero-order valence-electron chi connectivity index (χ0n) is 48.9. The van der Waals surface area contributed by atoms with E-state index in [0.717, 1.165) is 103 Å². The van der Waals surface area contributed by atoms with Gasteiger partial charge in [-0.3, -0.25) is 37.3 Å². The van der Waals surface area contributed by atoms with Crippen LogP contribution >= 0.6 is 15.6 Å². The topological polar surface area (TPSA) is 237 Å². The molecule has 77 heavy (non-hydrogen) atoms. The highest BCUT2D eigenvalue weighted by Gasteiger charge is 2.30. The first-order valence-corrected chi connectivity index (χ1v) is 33.8. The minimum atomic E-state index is -4.93. The molecule has 0 aliphatic rings. The molecule has 0 aliphatic carbocycles. The van der Waals surface area contributed by atoms with Crippen LogP contribution in [0.5, 0.6) is 0 Å². The molecule has 0 aromatic rings. The molecule has 456 valence electrons. The van der Waals surface area contributed by atoms with Gasteiger partial charge in [0.25, 0.3) is 0 Å². The highest BCUT2D eigenvalue weighted by Crippen LogP contribution is 2.45. The third-order valence-corrected chi connectivity index (χ3v) is 15.3. The summed E-state index contributed by atoms with van der Waals surface area (Å²) in [6.45, 7) is 4.78. The van der Waals surface area contributed by atoms with Crippen molar-refractivity contribution in [1.29, 1.82) is 0 Å². The number of aliphatic hydroxyl groups excluding tert-OH is 1. The van der Waals surface area contributed by atoms with E-state index in [1.807, 2.05) is 0 Å². The Bertz CT molecular complexity index is 1500. The maximum absolute atomic E-state index is 12.9. The molecule has 0 saturated heterocycles. The maximum atomic E-state index is 12.9. The summed E-state index contributed by atoms with van der Waals surface area (Å²) >= 11 is 0. The molecule has 0 spiro atoms. The molecule has 0 aromatic heterocycles. The lowest BCUT2D eigenvalue weighted by Crippen LogP contribution is -2.30. The zero-order valence-corrected chi connectivity index (χ0v) is 50.7. The third-order valence-electron chi connectivity index (χ3n) is 13.4. The van der Waals surface area contributed by atoms with Crippen molar-refractivity contribution in [3.05, 3.63) is 0 Å². The molecular formula is C58H112O17P2. The molecule has 17 nitrogen and oxygen atoms in total. The maximum Gasteiger partial charge on any atom is 0.472 e. The van der Waals surface area contributed by atoms with Gasteiger partial charge in [-0.2, -0.15) is 0 Å². The van der Waals surface area contributed by atoms with E-state index in [9.17, 15) is 43.2 Å². The molecule has 0 radical (unpaired) electrons. The van der Waals surface area contributed by atoms with E-state index in [1.54, 1.807) is 0 Å². The van der Waals surface area contributed by atoms with Gasteiger partial charge in [-0.15, -0.1) is 0 Å². The van der Waals surface area contributed by atoms with Crippen molar-refractivity contribution in [2.75, 3.05) is 39.6 Å². The highest BCUT2D eigenvalue weighted by molar-refractivity contribution is 7.47. The van der Waals surface area contributed by atoms with Gasteiger partial charge in [-0.25, -0.2) is 9.13 Å². The number of esters is 4. The second-order valence-corrected chi connectivity index (χ2v) is 23.9. The number of hydrogen-bond acceptors (Lipinski definition) is 15. The van der Waals surface area contributed by atoms with Crippen LogP contribution in [0.1, 0.15) is 291 Å². The van der Waals surface area contributed by atoms with E-state index in [2.05, 4.69) is 27.7 Å². The molecule has 19 heteroatoms. The second-order valence-electron chi connectivity index (χ2n) is 21.0. The van der Waals surface area contributed by atoms with Gasteiger partial charge in [0.2, 0.25) is 0 Å². The number of aliphatic hydroxyl groups is 1. The van der Waals surface area contributed by atoms with Crippen LogP contribution < -0.4 is 0 Å². The van der Waals surface area contributed by atoms with E-state index < -0.39 is 97.5 Å². The number of phosphoric acid groups is 2. The van der Waals surface area contributed by atoms with Crippen molar-refractivity contribution < 1.29 is 80.2 Å². The molecular weight excluding hydrogens is 1030 g/mol. The SMILES string of the molecule is CCCCCCCCCCCCCCC(=O)O[C@H](COC(=O)CCCCCCCCCCC)COP(=O)(O)OC[C@@H](O)COP(=O)(O)OC[C@@H](COC(=O)CCCCCCCCCC)OC(=O)CCCCCCCCCC. The average Bonchev–Trinajstić information content (AvgIpc) is 3.40. The van der Waals surface area contributed by atoms with Gasteiger partial charge in [-0.1, -0.05) is 240 Å². The summed E-state index contributed by atoms with van der Waals surface area (Å²) in [4.78, 5) is 71.7. The number of phosphoric ester groups is 2. The Morgan fingerprint density at radius 2 is 0.519 bits per heavy atom. The number of carbonyl (C=O) groups excluding carboxylic acids is 4. The molecule has 3 N–H and O–H groups in total. The third kappa shape index (κ3) is 53.2. The Morgan fingerprint density at radius 3 is 0.766 bits per heavy atom. The molecule has 0 aliphatic heterocycles. The summed E-state index contributed by atoms with van der Waals surface area (Å²) < 4.78 is 67.6. The van der Waals surface area contributed by atoms with Gasteiger partial charge in [0.15, 0.2) is 12.2 Å². The zero-order chi connectivity index (χ0) is 56.9. The second kappa shape index (κ2) is 53.4. The summed E-state index contributed by atoms with van der Waals surface area (Å²) in [5.74, 6) is -2.15. The van der Waals surface area contributed by atoms with Crippen LogP contribution in [0.25, 0.3) is 0 Å². The smallest absolute Gasteiger partial charge is 0.462 e. The van der Waals surface area contributed by atoms with Crippen LogP contribution in [0.2, 0.25) is 0 Å². The Hall–Kier alpha value is -1.94. The van der Waals surface area contributed by atoms with Gasteiger partial charge in [-0.05, 0) is 25.7 Å². The summed E-state index contributed by atoms with van der Waals surface area (Å²) in [6.07, 6.45) is 36.2. The van der Waals surface area contributed by atoms with Crippen molar-refractivity contribution in [2.24, 2.45) is 0 Å². The van der Waals surface area contributed by atoms with Crippen LogP contribution in [0.15, 0.2) is 0 Å². The van der Waals surface area contributed by atoms with Gasteiger partial charge in [0.1, 0.15) is 19.3 Å². The first-order valence-electron chi connectivity index (χ1n) is 30.8. The van der Waals surface area contributed by atoms with Gasteiger partial charge in [0, 0.05) is 25.7 Å². The van der Waals surface area contributed by atoms with Crippen LogP contribution in [0.3, 0.4) is 0 Å². The minimum absolute atomic E-state index is 0.105. The van der Waals surface area contributed by atoms with E-state index in [1.165, 1.54) is 109 Å². The fraction of sp³-hybridized carbons (Fsp3) is 0.931. The predicted molar refractivity (Wildman–Crippen MR) is 303 cm³/mol. The van der Waals surface area contributed by atoms with Crippen LogP contribution in [0, 0.1) is 0 Å². The molecule has 0 saturated carbocycles. The van der Waals surface area contributed by atoms with E-state index >= 15 is 0 Å². The molecule has 5 atom stereocenters. The molecule has 0 fully saturated rings. The quantitative estimate of drug-likeness (QED) is 0.0222. The average molecular weight is 1140 g/mol. The fourth-order valence-electron chi connectivity index (χ4n) is 8.57. The van der Waals surface area contributed by atoms with Crippen LogP contribution in [-0.4, -0.2) is 96.7 Å². The normalized spacial score (nSPS) is 14.3. The highest BCUT2D eigenvalue weighted by atomic mass is 31.2. The number of rotatable bonds is 59. The fourth-order valence-corrected chi connectivity index (χ4v) is 10.2. The Kier molecular flexibility index (Phi) is 52.0. The number of hydrogen-bond donors (Lipinski definition) is 3. The molecule has 0 aromatic carbocycles. The molecule has 0 amide bonds. The van der Waals surface area contributed by atoms with Crippen molar-refractivity contribution in [2.45, 2.75) is 309 Å². The van der Waals surface area contributed by atoms with Crippen LogP contribution in [0.4, 0.5) is 0 Å². The monoisotopic (exact) mass is 1140 g/mol. The summed E-state index contributed by atoms with van der Waals surface area (Å²) in [7, 11) is -9.86. The van der Waals surface area contributed by atoms with Gasteiger partial charge >= 0.3 is 39.5 Å². The van der Waals surface area contributed by atoms with Gasteiger partial charge in [0.05, 0.1) is 26.4 Å². The summed E-state index contributed by atoms with van der Waals surface area (Å²) in [5.41, 5.74) is 0. The first-order chi connectivity index (χ1) is 37.2. The molecule has 0 heterocycles. The van der Waals surface area contributed by atoms with Crippen molar-refractivity contribution in [3.8, 4) is 0 Å². The Morgan fingerprint density at radius 1 is 0.312 bits per heavy atom. The Balaban J connectivity index is 5.20. The molecule has 2 unspecified atom stereocenters. The Labute approximate surface area is 467 Å². The lowest BCUT2D eigenvalue weighted by atomic mass is 10.0. The summed E-state index contributed by atoms with van der Waals surface area (Å²) in [6, 6.07) is 0. The van der Waals surface area contributed by atoms with Crippen molar-refractivity contribution in [1.82, 2.24) is 0 Å². The standard InChI is InChI=1S/C58H112O17P2/c1-5-9-13-17-21-25-26-27-29-33-37-41-45-58(63)75-54(49-69-56(61)43-39-35-32-28-22-18-14-10-6-2)51-73-77(66,67)71-47-52(59)46-70-76(64,65)72-50-53(74-57(62)44-40-36-31-24-20-16-12-8-4)48-68-55(60)42-38-34-30-23-19-15-11-7-3/h52-54,59H,5-51H2,1-4H3,(H,64,65)(H,66,67)/t52-,53+,54+/m0/s1. The van der Waals surface area contributed by atoms with E-state index in [4.69, 9.17) is 37.0 Å². The first kappa shape index (κ1) is 75.1. The largest absolute Gasteiger partial charge is 0.472 e. The number of carbonyl (C=O) groups is 4.